The summed E-state index contributed by atoms with van der Waals surface area (Å²) in [7, 11) is 2.14. The first-order valence-corrected chi connectivity index (χ1v) is 9.73. The molecule has 2 aliphatic rings. The van der Waals surface area contributed by atoms with Crippen LogP contribution in [0.15, 0.2) is 10.5 Å². The highest BCUT2D eigenvalue weighted by atomic mass is 79.9. The van der Waals surface area contributed by atoms with Gasteiger partial charge in [0, 0.05) is 20.3 Å². The maximum atomic E-state index is 3.76. The first-order valence-electron chi connectivity index (χ1n) is 8.12. The van der Waals surface area contributed by atoms with Gasteiger partial charge in [0.05, 0.1) is 0 Å². The van der Waals surface area contributed by atoms with E-state index in [0.717, 1.165) is 17.8 Å². The van der Waals surface area contributed by atoms with Gasteiger partial charge in [-0.1, -0.05) is 25.7 Å². The minimum Gasteiger partial charge on any atom is -0.312 e. The van der Waals surface area contributed by atoms with Crippen molar-refractivity contribution in [2.75, 3.05) is 7.05 Å². The van der Waals surface area contributed by atoms with Gasteiger partial charge in [-0.15, -0.1) is 11.3 Å². The normalized spacial score (nSPS) is 31.9. The zero-order chi connectivity index (χ0) is 14.1. The highest BCUT2D eigenvalue weighted by Crippen LogP contribution is 2.47. The molecule has 0 amide bonds. The number of halogens is 1. The third-order valence-electron chi connectivity index (χ3n) is 5.48. The SMILES string of the molecule is CNC(c1sc(C)cc1Br)C1CCC2CCCCC2C1. The molecule has 0 aliphatic heterocycles. The molecule has 3 heteroatoms. The van der Waals surface area contributed by atoms with Crippen LogP contribution in [-0.4, -0.2) is 7.05 Å². The maximum absolute atomic E-state index is 3.76. The number of hydrogen-bond donors (Lipinski definition) is 1. The molecule has 4 unspecified atom stereocenters. The summed E-state index contributed by atoms with van der Waals surface area (Å²) in [6, 6.07) is 2.82. The average Bonchev–Trinajstić information content (AvgIpc) is 2.78. The second-order valence-electron chi connectivity index (χ2n) is 6.71. The van der Waals surface area contributed by atoms with Crippen molar-refractivity contribution in [3.63, 3.8) is 0 Å². The van der Waals surface area contributed by atoms with Gasteiger partial charge in [0.25, 0.3) is 0 Å². The van der Waals surface area contributed by atoms with Crippen LogP contribution in [0.5, 0.6) is 0 Å². The molecule has 0 spiro atoms. The van der Waals surface area contributed by atoms with Crippen molar-refractivity contribution >= 4 is 27.3 Å². The number of rotatable bonds is 3. The summed E-state index contributed by atoms with van der Waals surface area (Å²) >= 11 is 5.73. The Balaban J connectivity index is 1.75. The summed E-state index contributed by atoms with van der Waals surface area (Å²) in [5.74, 6) is 2.89. The molecule has 0 aromatic carbocycles. The van der Waals surface area contributed by atoms with Gasteiger partial charge >= 0.3 is 0 Å². The van der Waals surface area contributed by atoms with E-state index in [9.17, 15) is 0 Å². The molecule has 1 aromatic heterocycles. The van der Waals surface area contributed by atoms with Crippen molar-refractivity contribution in [1.29, 1.82) is 0 Å². The Labute approximate surface area is 135 Å². The minimum atomic E-state index is 0.547. The van der Waals surface area contributed by atoms with E-state index in [1.807, 2.05) is 11.3 Å². The van der Waals surface area contributed by atoms with Gasteiger partial charge in [-0.25, -0.2) is 0 Å². The van der Waals surface area contributed by atoms with E-state index in [1.165, 1.54) is 59.2 Å². The Hall–Kier alpha value is 0.140. The third-order valence-corrected chi connectivity index (χ3v) is 7.53. The molecule has 112 valence electrons. The molecule has 20 heavy (non-hydrogen) atoms. The second-order valence-corrected chi connectivity index (χ2v) is 8.86. The summed E-state index contributed by atoms with van der Waals surface area (Å²) in [5.41, 5.74) is 0. The first-order chi connectivity index (χ1) is 9.69. The molecule has 0 bridgehead atoms. The number of nitrogens with one attached hydrogen (secondary N) is 1. The Kier molecular flexibility index (Phi) is 4.89. The van der Waals surface area contributed by atoms with Gasteiger partial charge in [-0.2, -0.15) is 0 Å². The molecule has 1 N–H and O–H groups in total. The minimum absolute atomic E-state index is 0.547. The van der Waals surface area contributed by atoms with E-state index in [1.54, 1.807) is 0 Å². The molecule has 3 rings (SSSR count). The molecule has 1 nitrogen and oxygen atoms in total. The molecular formula is C17H26BrNS. The number of aryl methyl sites for hydroxylation is 1. The van der Waals surface area contributed by atoms with Gasteiger partial charge in [0.1, 0.15) is 0 Å². The van der Waals surface area contributed by atoms with Crippen molar-refractivity contribution in [1.82, 2.24) is 5.32 Å². The van der Waals surface area contributed by atoms with Crippen LogP contribution < -0.4 is 5.32 Å². The number of hydrogen-bond acceptors (Lipinski definition) is 2. The van der Waals surface area contributed by atoms with Crippen molar-refractivity contribution in [3.05, 3.63) is 20.3 Å². The van der Waals surface area contributed by atoms with Gasteiger partial charge < -0.3 is 5.32 Å². The highest BCUT2D eigenvalue weighted by molar-refractivity contribution is 9.10. The molecule has 4 atom stereocenters. The van der Waals surface area contributed by atoms with E-state index in [-0.39, 0.29) is 0 Å². The summed E-state index contributed by atoms with van der Waals surface area (Å²) < 4.78 is 1.31. The third kappa shape index (κ3) is 3.00. The lowest BCUT2D eigenvalue weighted by Crippen LogP contribution is -2.34. The topological polar surface area (TPSA) is 12.0 Å². The van der Waals surface area contributed by atoms with E-state index in [0.29, 0.717) is 6.04 Å². The predicted octanol–water partition coefficient (Wildman–Crippen LogP) is 5.69. The smallest absolute Gasteiger partial charge is 0.0452 e. The van der Waals surface area contributed by atoms with Crippen LogP contribution in [0.2, 0.25) is 0 Å². The van der Waals surface area contributed by atoms with E-state index in [4.69, 9.17) is 0 Å². The molecular weight excluding hydrogens is 330 g/mol. The summed E-state index contributed by atoms with van der Waals surface area (Å²) in [6.07, 6.45) is 10.3. The summed E-state index contributed by atoms with van der Waals surface area (Å²) in [6.45, 7) is 2.21. The van der Waals surface area contributed by atoms with Crippen LogP contribution in [0, 0.1) is 24.7 Å². The Morgan fingerprint density at radius 2 is 1.95 bits per heavy atom. The Morgan fingerprint density at radius 3 is 2.60 bits per heavy atom. The Bertz CT molecular complexity index is 456. The van der Waals surface area contributed by atoms with Crippen molar-refractivity contribution < 1.29 is 0 Å². The van der Waals surface area contributed by atoms with Crippen LogP contribution in [0.3, 0.4) is 0 Å². The molecule has 0 saturated heterocycles. The van der Waals surface area contributed by atoms with Gasteiger partial charge in [0.15, 0.2) is 0 Å². The van der Waals surface area contributed by atoms with Crippen molar-refractivity contribution in [2.45, 2.75) is 57.9 Å². The van der Waals surface area contributed by atoms with Crippen LogP contribution in [0.1, 0.15) is 60.7 Å². The first kappa shape index (κ1) is 15.1. The van der Waals surface area contributed by atoms with Crippen LogP contribution >= 0.6 is 27.3 Å². The van der Waals surface area contributed by atoms with Gasteiger partial charge in [0.2, 0.25) is 0 Å². The largest absolute Gasteiger partial charge is 0.312 e. The fraction of sp³-hybridized carbons (Fsp3) is 0.765. The summed E-state index contributed by atoms with van der Waals surface area (Å²) in [4.78, 5) is 2.93. The fourth-order valence-electron chi connectivity index (χ4n) is 4.51. The number of fused-ring (bicyclic) bond motifs is 1. The van der Waals surface area contributed by atoms with E-state index < -0.39 is 0 Å². The molecule has 2 saturated carbocycles. The Morgan fingerprint density at radius 1 is 1.20 bits per heavy atom. The number of thiophene rings is 1. The van der Waals surface area contributed by atoms with Gasteiger partial charge in [-0.3, -0.25) is 0 Å². The fourth-order valence-corrected chi connectivity index (χ4v) is 6.61. The standard InChI is InChI=1S/C17H26BrNS/c1-11-9-15(18)17(20-11)16(19-2)14-8-7-12-5-3-4-6-13(12)10-14/h9,12-14,16,19H,3-8,10H2,1-2H3. The van der Waals surface area contributed by atoms with Crippen LogP contribution in [-0.2, 0) is 0 Å². The zero-order valence-electron chi connectivity index (χ0n) is 12.6. The monoisotopic (exact) mass is 355 g/mol. The quantitative estimate of drug-likeness (QED) is 0.734. The maximum Gasteiger partial charge on any atom is 0.0452 e. The molecule has 0 radical (unpaired) electrons. The lowest BCUT2D eigenvalue weighted by atomic mass is 9.66. The van der Waals surface area contributed by atoms with Crippen molar-refractivity contribution in [2.24, 2.45) is 17.8 Å². The highest BCUT2D eigenvalue weighted by Gasteiger charge is 2.36. The zero-order valence-corrected chi connectivity index (χ0v) is 15.0. The molecule has 2 fully saturated rings. The van der Waals surface area contributed by atoms with Crippen LogP contribution in [0.25, 0.3) is 0 Å². The van der Waals surface area contributed by atoms with E-state index in [2.05, 4.69) is 41.3 Å². The van der Waals surface area contributed by atoms with Gasteiger partial charge in [-0.05, 0) is 73.0 Å². The lowest BCUT2D eigenvalue weighted by Gasteiger charge is -2.41. The van der Waals surface area contributed by atoms with E-state index >= 15 is 0 Å². The molecule has 1 aromatic rings. The summed E-state index contributed by atoms with van der Waals surface area (Å²) in [5, 5.41) is 3.62. The predicted molar refractivity (Wildman–Crippen MR) is 91.3 cm³/mol. The molecule has 2 aliphatic carbocycles. The molecule has 1 heterocycles. The van der Waals surface area contributed by atoms with Crippen LogP contribution in [0.4, 0.5) is 0 Å². The lowest BCUT2D eigenvalue weighted by molar-refractivity contribution is 0.112. The second kappa shape index (κ2) is 6.50. The average molecular weight is 356 g/mol. The van der Waals surface area contributed by atoms with Crippen molar-refractivity contribution in [3.8, 4) is 0 Å².